The zero-order chi connectivity index (χ0) is 15.8. The molecule has 0 saturated carbocycles. The highest BCUT2D eigenvalue weighted by Crippen LogP contribution is 2.33. The Labute approximate surface area is 134 Å². The van der Waals surface area contributed by atoms with E-state index >= 15 is 0 Å². The molecule has 5 heteroatoms. The molecule has 1 aliphatic rings. The first-order valence-electron chi connectivity index (χ1n) is 7.80. The van der Waals surface area contributed by atoms with Gasteiger partial charge in [-0.25, -0.2) is 0 Å². The maximum Gasteiger partial charge on any atom is 0.236 e. The molecule has 0 aliphatic carbocycles. The lowest BCUT2D eigenvalue weighted by atomic mass is 9.97. The summed E-state index contributed by atoms with van der Waals surface area (Å²) in [7, 11) is 0. The lowest BCUT2D eigenvalue weighted by molar-refractivity contribution is -0.130. The fourth-order valence-electron chi connectivity index (χ4n) is 3.29. The minimum Gasteiger partial charge on any atom is -0.337 e. The van der Waals surface area contributed by atoms with Crippen LogP contribution in [0.1, 0.15) is 11.3 Å². The molecule has 4 rings (SSSR count). The van der Waals surface area contributed by atoms with Crippen molar-refractivity contribution in [1.29, 1.82) is 0 Å². The predicted octanol–water partition coefficient (Wildman–Crippen LogP) is 2.07. The van der Waals surface area contributed by atoms with Crippen LogP contribution in [0.15, 0.2) is 42.5 Å². The van der Waals surface area contributed by atoms with E-state index in [2.05, 4.69) is 34.5 Å². The van der Waals surface area contributed by atoms with Crippen LogP contribution in [-0.2, 0) is 17.8 Å². The Kier molecular flexibility index (Phi) is 3.35. The summed E-state index contributed by atoms with van der Waals surface area (Å²) in [6.45, 7) is 1.32. The number of nitrogens with zero attached hydrogens (tertiary/aromatic N) is 2. The number of aromatic amines is 1. The first-order chi connectivity index (χ1) is 11.3. The maximum absolute atomic E-state index is 11.9. The third kappa shape index (κ3) is 2.29. The predicted molar refractivity (Wildman–Crippen MR) is 89.7 cm³/mol. The maximum atomic E-state index is 11.9. The van der Waals surface area contributed by atoms with Gasteiger partial charge >= 0.3 is 0 Å². The van der Waals surface area contributed by atoms with Crippen LogP contribution in [0.2, 0.25) is 0 Å². The summed E-state index contributed by atoms with van der Waals surface area (Å²) < 4.78 is 0. The van der Waals surface area contributed by atoms with Crippen molar-refractivity contribution in [2.75, 3.05) is 13.1 Å². The Morgan fingerprint density at radius 1 is 1.22 bits per heavy atom. The second-order valence-electron chi connectivity index (χ2n) is 5.83. The molecule has 0 saturated heterocycles. The molecule has 2 aromatic carbocycles. The molecular weight excluding hydrogens is 288 g/mol. The van der Waals surface area contributed by atoms with Gasteiger partial charge in [-0.3, -0.25) is 9.89 Å². The normalized spacial score (nSPS) is 14.0. The summed E-state index contributed by atoms with van der Waals surface area (Å²) in [6.07, 6.45) is 0.791. The summed E-state index contributed by atoms with van der Waals surface area (Å²) >= 11 is 0. The van der Waals surface area contributed by atoms with E-state index in [1.165, 1.54) is 10.8 Å². The number of hydrogen-bond donors (Lipinski definition) is 2. The minimum atomic E-state index is -0.0132. The lowest BCUT2D eigenvalue weighted by Gasteiger charge is -2.26. The second-order valence-corrected chi connectivity index (χ2v) is 5.83. The highest BCUT2D eigenvalue weighted by Gasteiger charge is 2.25. The molecule has 0 spiro atoms. The average Bonchev–Trinajstić information content (AvgIpc) is 3.03. The van der Waals surface area contributed by atoms with Gasteiger partial charge in [-0.05, 0) is 10.8 Å². The van der Waals surface area contributed by atoms with Gasteiger partial charge in [0.2, 0.25) is 5.91 Å². The number of nitrogens with one attached hydrogen (secondary N) is 1. The highest BCUT2D eigenvalue weighted by atomic mass is 16.2. The third-order valence-corrected chi connectivity index (χ3v) is 4.51. The van der Waals surface area contributed by atoms with Crippen molar-refractivity contribution in [1.82, 2.24) is 15.1 Å². The van der Waals surface area contributed by atoms with Crippen molar-refractivity contribution >= 4 is 16.7 Å². The van der Waals surface area contributed by atoms with Gasteiger partial charge in [0.25, 0.3) is 0 Å². The Balaban J connectivity index is 1.82. The van der Waals surface area contributed by atoms with E-state index in [0.717, 1.165) is 28.9 Å². The first kappa shape index (κ1) is 14.0. The van der Waals surface area contributed by atoms with Gasteiger partial charge in [0, 0.05) is 36.3 Å². The topological polar surface area (TPSA) is 75.0 Å². The zero-order valence-corrected chi connectivity index (χ0v) is 12.7. The zero-order valence-electron chi connectivity index (χ0n) is 12.7. The van der Waals surface area contributed by atoms with Crippen molar-refractivity contribution in [3.8, 4) is 11.3 Å². The Hall–Kier alpha value is -2.66. The monoisotopic (exact) mass is 306 g/mol. The molecule has 1 amide bonds. The van der Waals surface area contributed by atoms with Crippen LogP contribution >= 0.6 is 0 Å². The molecule has 5 nitrogen and oxygen atoms in total. The molecule has 116 valence electrons. The number of benzene rings is 2. The van der Waals surface area contributed by atoms with Crippen LogP contribution in [0, 0.1) is 0 Å². The van der Waals surface area contributed by atoms with Gasteiger partial charge in [-0.1, -0.05) is 42.5 Å². The number of amides is 1. The van der Waals surface area contributed by atoms with Gasteiger partial charge in [0.1, 0.15) is 0 Å². The third-order valence-electron chi connectivity index (χ3n) is 4.51. The fraction of sp³-hybridized carbons (Fsp3) is 0.222. The van der Waals surface area contributed by atoms with Crippen molar-refractivity contribution < 1.29 is 4.79 Å². The van der Waals surface area contributed by atoms with E-state index in [1.54, 1.807) is 0 Å². The van der Waals surface area contributed by atoms with Gasteiger partial charge in [-0.15, -0.1) is 0 Å². The SMILES string of the molecule is NCC(=O)N1CCc2[nH]nc(-c3cccc4ccccc34)c2C1. The van der Waals surface area contributed by atoms with E-state index in [-0.39, 0.29) is 12.5 Å². The smallest absolute Gasteiger partial charge is 0.236 e. The van der Waals surface area contributed by atoms with E-state index < -0.39 is 0 Å². The van der Waals surface area contributed by atoms with Crippen LogP contribution in [0.5, 0.6) is 0 Å². The fourth-order valence-corrected chi connectivity index (χ4v) is 3.29. The van der Waals surface area contributed by atoms with Crippen molar-refractivity contribution in [3.63, 3.8) is 0 Å². The summed E-state index contributed by atoms with van der Waals surface area (Å²) in [6, 6.07) is 14.5. The summed E-state index contributed by atoms with van der Waals surface area (Å²) in [5.74, 6) is -0.0132. The lowest BCUT2D eigenvalue weighted by Crippen LogP contribution is -2.39. The van der Waals surface area contributed by atoms with E-state index in [4.69, 9.17) is 5.73 Å². The average molecular weight is 306 g/mol. The molecule has 3 N–H and O–H groups in total. The van der Waals surface area contributed by atoms with Gasteiger partial charge < -0.3 is 10.6 Å². The molecule has 0 unspecified atom stereocenters. The summed E-state index contributed by atoms with van der Waals surface area (Å²) in [5.41, 5.74) is 9.77. The van der Waals surface area contributed by atoms with Crippen LogP contribution < -0.4 is 5.73 Å². The molecule has 1 aliphatic heterocycles. The summed E-state index contributed by atoms with van der Waals surface area (Å²) in [4.78, 5) is 13.7. The number of carbonyl (C=O) groups excluding carboxylic acids is 1. The van der Waals surface area contributed by atoms with Crippen LogP contribution in [0.25, 0.3) is 22.0 Å². The Morgan fingerprint density at radius 3 is 2.91 bits per heavy atom. The molecule has 23 heavy (non-hydrogen) atoms. The quantitative estimate of drug-likeness (QED) is 0.761. The second kappa shape index (κ2) is 5.52. The van der Waals surface area contributed by atoms with Crippen molar-refractivity contribution in [2.24, 2.45) is 5.73 Å². The van der Waals surface area contributed by atoms with Crippen molar-refractivity contribution in [3.05, 3.63) is 53.7 Å². The molecule has 0 fully saturated rings. The Bertz CT molecular complexity index is 878. The van der Waals surface area contributed by atoms with E-state index in [9.17, 15) is 4.79 Å². The number of rotatable bonds is 2. The van der Waals surface area contributed by atoms with Crippen LogP contribution in [0.3, 0.4) is 0 Å². The van der Waals surface area contributed by atoms with Gasteiger partial charge in [0.15, 0.2) is 0 Å². The van der Waals surface area contributed by atoms with Crippen molar-refractivity contribution in [2.45, 2.75) is 13.0 Å². The summed E-state index contributed by atoms with van der Waals surface area (Å²) in [5, 5.41) is 10.1. The first-order valence-corrected chi connectivity index (χ1v) is 7.80. The molecule has 2 heterocycles. The van der Waals surface area contributed by atoms with E-state index in [1.807, 2.05) is 23.1 Å². The van der Waals surface area contributed by atoms with Crippen LogP contribution in [0.4, 0.5) is 0 Å². The number of H-pyrrole nitrogens is 1. The molecule has 0 atom stereocenters. The number of nitrogens with two attached hydrogens (primary N) is 1. The Morgan fingerprint density at radius 2 is 2.04 bits per heavy atom. The van der Waals surface area contributed by atoms with Gasteiger partial charge in [0.05, 0.1) is 12.2 Å². The number of hydrogen-bond acceptors (Lipinski definition) is 3. The molecule has 1 aromatic heterocycles. The van der Waals surface area contributed by atoms with E-state index in [0.29, 0.717) is 13.1 Å². The minimum absolute atomic E-state index is 0.0132. The number of carbonyl (C=O) groups is 1. The largest absolute Gasteiger partial charge is 0.337 e. The van der Waals surface area contributed by atoms with Crippen LogP contribution in [-0.4, -0.2) is 34.1 Å². The molecule has 0 bridgehead atoms. The standard InChI is InChI=1S/C18H18N4O/c19-10-17(23)22-9-8-16-15(11-22)18(21-20-16)14-7-3-5-12-4-1-2-6-13(12)14/h1-7H,8-11,19H2,(H,20,21). The number of aromatic nitrogens is 2. The highest BCUT2D eigenvalue weighted by molar-refractivity contribution is 5.96. The molecule has 0 radical (unpaired) electrons. The molecule has 3 aromatic rings. The van der Waals surface area contributed by atoms with Gasteiger partial charge in [-0.2, -0.15) is 5.10 Å². The number of fused-ring (bicyclic) bond motifs is 2. The molecular formula is C18H18N4O.